The van der Waals surface area contributed by atoms with Gasteiger partial charge in [0.05, 0.1) is 10.6 Å². The first-order valence-electron chi connectivity index (χ1n) is 12.5. The summed E-state index contributed by atoms with van der Waals surface area (Å²) in [4.78, 5) is 28.3. The number of anilines is 1. The van der Waals surface area contributed by atoms with Crippen LogP contribution in [0.1, 0.15) is 37.5 Å². The number of nitrogens with one attached hydrogen (secondary N) is 1. The van der Waals surface area contributed by atoms with Crippen molar-refractivity contribution in [2.24, 2.45) is 0 Å². The van der Waals surface area contributed by atoms with Gasteiger partial charge in [-0.15, -0.1) is 0 Å². The summed E-state index contributed by atoms with van der Waals surface area (Å²) in [5, 5.41) is 3.68. The minimum Gasteiger partial charge on any atom is -0.352 e. The minimum absolute atomic E-state index is 0.0320. The molecule has 0 radical (unpaired) electrons. The fourth-order valence-corrected chi connectivity index (χ4v) is 5.72. The van der Waals surface area contributed by atoms with Gasteiger partial charge in [0.2, 0.25) is 11.8 Å². The summed E-state index contributed by atoms with van der Waals surface area (Å²) in [5.74, 6) is -0.916. The minimum atomic E-state index is -4.17. The van der Waals surface area contributed by atoms with Crippen molar-refractivity contribution in [2.45, 2.75) is 58.1 Å². The number of benzene rings is 3. The van der Waals surface area contributed by atoms with Crippen molar-refractivity contribution in [1.29, 1.82) is 0 Å². The highest BCUT2D eigenvalue weighted by molar-refractivity contribution is 7.92. The number of hydrogen-bond donors (Lipinski definition) is 1. The topological polar surface area (TPSA) is 86.8 Å². The maximum Gasteiger partial charge on any atom is 0.264 e. The quantitative estimate of drug-likeness (QED) is 0.326. The van der Waals surface area contributed by atoms with Gasteiger partial charge in [0.1, 0.15) is 12.6 Å². The summed E-state index contributed by atoms with van der Waals surface area (Å²) in [5.41, 5.74) is 2.60. The molecule has 2 amide bonds. The van der Waals surface area contributed by atoms with Crippen LogP contribution < -0.4 is 9.62 Å². The first kappa shape index (κ1) is 30.5. The number of sulfonamides is 1. The highest BCUT2D eigenvalue weighted by atomic mass is 35.5. The Kier molecular flexibility index (Phi) is 10.0. The molecule has 0 fully saturated rings. The zero-order chi connectivity index (χ0) is 28.9. The van der Waals surface area contributed by atoms with Crippen molar-refractivity contribution < 1.29 is 18.0 Å². The number of hydrogen-bond acceptors (Lipinski definition) is 4. The number of carbonyl (C=O) groups excluding carboxylic acids is 2. The first-order chi connectivity index (χ1) is 18.3. The Morgan fingerprint density at radius 2 is 1.59 bits per heavy atom. The fourth-order valence-electron chi connectivity index (χ4n) is 3.92. The first-order valence-corrected chi connectivity index (χ1v) is 14.7. The highest BCUT2D eigenvalue weighted by Crippen LogP contribution is 2.29. The molecule has 10 heteroatoms. The zero-order valence-corrected chi connectivity index (χ0v) is 24.9. The number of halogens is 2. The molecule has 1 atom stereocenters. The summed E-state index contributed by atoms with van der Waals surface area (Å²) in [6.07, 6.45) is 0. The highest BCUT2D eigenvalue weighted by Gasteiger charge is 2.33. The second-order valence-electron chi connectivity index (χ2n) is 9.75. The standard InChI is InChI=1S/C29H33Cl2N3O4S/c1-19(2)32-29(36)22(5)33(17-23-7-6-8-24(30)15-23)28(35)18-34(25-12-11-21(4)27(31)16-25)39(37,38)26-13-9-20(3)10-14-26/h6-16,19,22H,17-18H2,1-5H3,(H,32,36)/t22-/m0/s1. The van der Waals surface area contributed by atoms with Gasteiger partial charge >= 0.3 is 0 Å². The molecule has 3 aromatic carbocycles. The van der Waals surface area contributed by atoms with Crippen molar-refractivity contribution in [3.8, 4) is 0 Å². The van der Waals surface area contributed by atoms with Crippen molar-refractivity contribution in [1.82, 2.24) is 10.2 Å². The molecule has 0 aromatic heterocycles. The Balaban J connectivity index is 2.06. The van der Waals surface area contributed by atoms with Crippen LogP contribution >= 0.6 is 23.2 Å². The van der Waals surface area contributed by atoms with Crippen LogP contribution in [-0.4, -0.2) is 43.8 Å². The number of carbonyl (C=O) groups is 2. The molecule has 0 bridgehead atoms. The van der Waals surface area contributed by atoms with E-state index in [1.165, 1.54) is 23.1 Å². The van der Waals surface area contributed by atoms with Gasteiger partial charge in [-0.05, 0) is 82.1 Å². The van der Waals surface area contributed by atoms with Crippen molar-refractivity contribution in [3.63, 3.8) is 0 Å². The van der Waals surface area contributed by atoms with Crippen LogP contribution in [0.4, 0.5) is 5.69 Å². The maximum atomic E-state index is 13.9. The van der Waals surface area contributed by atoms with Crippen LogP contribution in [0.15, 0.2) is 71.6 Å². The molecular formula is C29H33Cl2N3O4S. The molecule has 0 saturated heterocycles. The second-order valence-corrected chi connectivity index (χ2v) is 12.5. The smallest absolute Gasteiger partial charge is 0.264 e. The number of aryl methyl sites for hydroxylation is 2. The number of amides is 2. The third kappa shape index (κ3) is 7.75. The van der Waals surface area contributed by atoms with Crippen LogP contribution in [-0.2, 0) is 26.2 Å². The van der Waals surface area contributed by atoms with Crippen LogP contribution in [0.3, 0.4) is 0 Å². The van der Waals surface area contributed by atoms with E-state index in [4.69, 9.17) is 23.2 Å². The molecular weight excluding hydrogens is 557 g/mol. The van der Waals surface area contributed by atoms with Gasteiger partial charge in [0.25, 0.3) is 10.0 Å². The Hall–Kier alpha value is -3.07. The van der Waals surface area contributed by atoms with E-state index in [9.17, 15) is 18.0 Å². The van der Waals surface area contributed by atoms with Crippen LogP contribution in [0.5, 0.6) is 0 Å². The largest absolute Gasteiger partial charge is 0.352 e. The van der Waals surface area contributed by atoms with Crippen molar-refractivity contribution in [3.05, 3.63) is 93.5 Å². The van der Waals surface area contributed by atoms with Gasteiger partial charge in [-0.2, -0.15) is 0 Å². The Morgan fingerprint density at radius 3 is 2.18 bits per heavy atom. The molecule has 0 spiro atoms. The van der Waals surface area contributed by atoms with E-state index in [1.54, 1.807) is 62.4 Å². The van der Waals surface area contributed by atoms with Gasteiger partial charge in [-0.1, -0.05) is 59.1 Å². The lowest BCUT2D eigenvalue weighted by molar-refractivity contribution is -0.139. The van der Waals surface area contributed by atoms with Crippen LogP contribution in [0.25, 0.3) is 0 Å². The lowest BCUT2D eigenvalue weighted by Crippen LogP contribution is -2.52. The molecule has 0 saturated carbocycles. The number of rotatable bonds is 10. The monoisotopic (exact) mass is 589 g/mol. The lowest BCUT2D eigenvalue weighted by Gasteiger charge is -2.32. The molecule has 0 aliphatic carbocycles. The Bertz CT molecular complexity index is 1440. The van der Waals surface area contributed by atoms with Crippen LogP contribution in [0.2, 0.25) is 10.0 Å². The summed E-state index contributed by atoms with van der Waals surface area (Å²) < 4.78 is 28.8. The zero-order valence-electron chi connectivity index (χ0n) is 22.6. The van der Waals surface area contributed by atoms with Crippen LogP contribution in [0, 0.1) is 13.8 Å². The predicted molar refractivity (Wildman–Crippen MR) is 157 cm³/mol. The van der Waals surface area contributed by atoms with Crippen molar-refractivity contribution >= 4 is 50.7 Å². The Labute approximate surface area is 240 Å². The average molecular weight is 591 g/mol. The van der Waals surface area contributed by atoms with E-state index in [1.807, 2.05) is 20.8 Å². The Morgan fingerprint density at radius 1 is 0.923 bits per heavy atom. The average Bonchev–Trinajstić information content (AvgIpc) is 2.87. The molecule has 7 nitrogen and oxygen atoms in total. The lowest BCUT2D eigenvalue weighted by atomic mass is 10.1. The molecule has 208 valence electrons. The SMILES string of the molecule is Cc1ccc(S(=O)(=O)N(CC(=O)N(Cc2cccc(Cl)c2)[C@@H](C)C(=O)NC(C)C)c2ccc(C)c(Cl)c2)cc1. The predicted octanol–water partition coefficient (Wildman–Crippen LogP) is 5.75. The molecule has 39 heavy (non-hydrogen) atoms. The van der Waals surface area contributed by atoms with E-state index in [0.29, 0.717) is 15.6 Å². The molecule has 1 N–H and O–H groups in total. The maximum absolute atomic E-state index is 13.9. The van der Waals surface area contributed by atoms with Gasteiger partial charge in [0.15, 0.2) is 0 Å². The third-order valence-corrected chi connectivity index (χ3v) is 8.60. The van der Waals surface area contributed by atoms with E-state index in [0.717, 1.165) is 15.4 Å². The molecule has 0 aliphatic heterocycles. The van der Waals surface area contributed by atoms with Gasteiger partial charge in [-0.25, -0.2) is 8.42 Å². The van der Waals surface area contributed by atoms with Gasteiger partial charge < -0.3 is 10.2 Å². The number of nitrogens with zero attached hydrogens (tertiary/aromatic N) is 2. The second kappa shape index (κ2) is 12.9. The fraction of sp³-hybridized carbons (Fsp3) is 0.310. The summed E-state index contributed by atoms with van der Waals surface area (Å²) in [6, 6.07) is 17.1. The normalized spacial score (nSPS) is 12.2. The molecule has 0 aliphatic rings. The molecule has 0 heterocycles. The van der Waals surface area contributed by atoms with E-state index in [2.05, 4.69) is 5.32 Å². The van der Waals surface area contributed by atoms with E-state index >= 15 is 0 Å². The van der Waals surface area contributed by atoms with E-state index in [-0.39, 0.29) is 29.1 Å². The summed E-state index contributed by atoms with van der Waals surface area (Å²) in [7, 11) is -4.17. The third-order valence-electron chi connectivity index (χ3n) is 6.17. The van der Waals surface area contributed by atoms with E-state index < -0.39 is 28.5 Å². The van der Waals surface area contributed by atoms with Gasteiger partial charge in [-0.3, -0.25) is 13.9 Å². The summed E-state index contributed by atoms with van der Waals surface area (Å²) in [6.45, 7) is 8.43. The van der Waals surface area contributed by atoms with Crippen molar-refractivity contribution in [2.75, 3.05) is 10.8 Å². The van der Waals surface area contributed by atoms with Gasteiger partial charge in [0, 0.05) is 22.6 Å². The molecule has 3 rings (SSSR count). The summed E-state index contributed by atoms with van der Waals surface area (Å²) >= 11 is 12.5. The molecule has 3 aromatic rings. The molecule has 0 unspecified atom stereocenters.